The average molecular weight is 340 g/mol. The van der Waals surface area contributed by atoms with E-state index >= 15 is 0 Å². The number of hydrogen-bond donors (Lipinski definition) is 2. The molecule has 1 amide bonds. The Hall–Kier alpha value is -2.14. The summed E-state index contributed by atoms with van der Waals surface area (Å²) in [6.07, 6.45) is 1.70. The summed E-state index contributed by atoms with van der Waals surface area (Å²) < 4.78 is 0. The highest BCUT2D eigenvalue weighted by atomic mass is 16.2. The molecule has 1 aromatic carbocycles. The van der Waals surface area contributed by atoms with Crippen molar-refractivity contribution in [2.24, 2.45) is 0 Å². The number of hydrogen-bond acceptors (Lipinski definition) is 3. The van der Waals surface area contributed by atoms with Crippen molar-refractivity contribution in [3.8, 4) is 11.3 Å². The molecule has 5 nitrogen and oxygen atoms in total. The van der Waals surface area contributed by atoms with E-state index in [-0.39, 0.29) is 17.5 Å². The van der Waals surface area contributed by atoms with Crippen LogP contribution in [0.15, 0.2) is 30.3 Å². The van der Waals surface area contributed by atoms with Crippen molar-refractivity contribution < 1.29 is 4.79 Å². The Kier molecular flexibility index (Phi) is 4.95. The fourth-order valence-electron chi connectivity index (χ4n) is 3.48. The van der Waals surface area contributed by atoms with Gasteiger partial charge in [0, 0.05) is 41.9 Å². The lowest BCUT2D eigenvalue weighted by Crippen LogP contribution is -2.52. The van der Waals surface area contributed by atoms with Crippen LogP contribution < -0.4 is 5.32 Å². The Labute approximate surface area is 149 Å². The summed E-state index contributed by atoms with van der Waals surface area (Å²) in [5, 5.41) is 10.9. The molecule has 0 fully saturated rings. The van der Waals surface area contributed by atoms with E-state index in [9.17, 15) is 4.79 Å². The van der Waals surface area contributed by atoms with Gasteiger partial charge in [0.05, 0.1) is 11.7 Å². The number of fused-ring (bicyclic) bond motifs is 1. The minimum atomic E-state index is -0.212. The number of nitrogens with zero attached hydrogens (tertiary/aromatic N) is 2. The van der Waals surface area contributed by atoms with Crippen molar-refractivity contribution in [1.29, 1.82) is 0 Å². The van der Waals surface area contributed by atoms with Crippen molar-refractivity contribution in [2.75, 3.05) is 6.54 Å². The third-order valence-corrected chi connectivity index (χ3v) is 4.64. The zero-order valence-electron chi connectivity index (χ0n) is 15.6. The molecule has 1 aromatic heterocycles. The summed E-state index contributed by atoms with van der Waals surface area (Å²) in [6.45, 7) is 9.78. The lowest BCUT2D eigenvalue weighted by molar-refractivity contribution is -0.128. The highest BCUT2D eigenvalue weighted by molar-refractivity contribution is 5.82. The van der Waals surface area contributed by atoms with E-state index < -0.39 is 0 Å². The number of H-pyrrole nitrogens is 1. The maximum atomic E-state index is 12.7. The molecule has 3 rings (SSSR count). The van der Waals surface area contributed by atoms with Gasteiger partial charge in [-0.05, 0) is 27.2 Å². The molecule has 0 saturated heterocycles. The summed E-state index contributed by atoms with van der Waals surface area (Å²) in [7, 11) is 0. The van der Waals surface area contributed by atoms with Crippen LogP contribution in [-0.4, -0.2) is 39.1 Å². The molecule has 2 aromatic rings. The first kappa shape index (κ1) is 17.7. The largest absolute Gasteiger partial charge is 0.350 e. The van der Waals surface area contributed by atoms with E-state index in [2.05, 4.69) is 39.5 Å². The molecule has 0 saturated carbocycles. The van der Waals surface area contributed by atoms with Gasteiger partial charge in [0.15, 0.2) is 0 Å². The van der Waals surface area contributed by atoms with E-state index in [0.717, 1.165) is 37.2 Å². The van der Waals surface area contributed by atoms with Crippen LogP contribution in [-0.2, 0) is 17.8 Å². The van der Waals surface area contributed by atoms with Gasteiger partial charge in [-0.2, -0.15) is 5.10 Å². The molecular weight excluding hydrogens is 312 g/mol. The molecule has 5 heteroatoms. The molecule has 1 atom stereocenters. The van der Waals surface area contributed by atoms with Crippen molar-refractivity contribution in [1.82, 2.24) is 20.4 Å². The number of carbonyl (C=O) groups is 1. The van der Waals surface area contributed by atoms with Gasteiger partial charge >= 0.3 is 0 Å². The van der Waals surface area contributed by atoms with Crippen LogP contribution in [0.1, 0.15) is 45.4 Å². The quantitative estimate of drug-likeness (QED) is 0.899. The zero-order valence-corrected chi connectivity index (χ0v) is 15.6. The normalized spacial score (nSPS) is 16.3. The van der Waals surface area contributed by atoms with Crippen LogP contribution in [0.5, 0.6) is 0 Å². The second-order valence-corrected chi connectivity index (χ2v) is 7.78. The lowest BCUT2D eigenvalue weighted by Gasteiger charge is -2.35. The monoisotopic (exact) mass is 340 g/mol. The fraction of sp³-hybridized carbons (Fsp3) is 0.500. The van der Waals surface area contributed by atoms with E-state index in [4.69, 9.17) is 0 Å². The van der Waals surface area contributed by atoms with E-state index in [1.54, 1.807) is 0 Å². The van der Waals surface area contributed by atoms with Crippen LogP contribution in [0.25, 0.3) is 11.3 Å². The lowest BCUT2D eigenvalue weighted by atomic mass is 9.98. The highest BCUT2D eigenvalue weighted by Gasteiger charge is 2.31. The van der Waals surface area contributed by atoms with Crippen LogP contribution in [0.3, 0.4) is 0 Å². The van der Waals surface area contributed by atoms with E-state index in [0.29, 0.717) is 0 Å². The van der Waals surface area contributed by atoms with Gasteiger partial charge in [0.1, 0.15) is 0 Å². The third-order valence-electron chi connectivity index (χ3n) is 4.64. The van der Waals surface area contributed by atoms with Crippen molar-refractivity contribution >= 4 is 5.91 Å². The van der Waals surface area contributed by atoms with Gasteiger partial charge < -0.3 is 5.32 Å². The minimum Gasteiger partial charge on any atom is -0.350 e. The molecule has 134 valence electrons. The van der Waals surface area contributed by atoms with Crippen LogP contribution in [0.4, 0.5) is 0 Å². The second-order valence-electron chi connectivity index (χ2n) is 7.78. The van der Waals surface area contributed by atoms with E-state index in [1.165, 1.54) is 11.3 Å². The van der Waals surface area contributed by atoms with Crippen LogP contribution in [0, 0.1) is 0 Å². The van der Waals surface area contributed by atoms with Crippen LogP contribution in [0.2, 0.25) is 0 Å². The number of amides is 1. The maximum Gasteiger partial charge on any atom is 0.237 e. The van der Waals surface area contributed by atoms with Crippen molar-refractivity contribution in [3.05, 3.63) is 41.6 Å². The topological polar surface area (TPSA) is 61.0 Å². The Balaban J connectivity index is 1.82. The molecule has 0 unspecified atom stereocenters. The predicted octanol–water partition coefficient (Wildman–Crippen LogP) is 3.13. The highest BCUT2D eigenvalue weighted by Crippen LogP contribution is 2.29. The third kappa shape index (κ3) is 3.93. The molecule has 2 heterocycles. The summed E-state index contributed by atoms with van der Waals surface area (Å²) >= 11 is 0. The summed E-state index contributed by atoms with van der Waals surface area (Å²) in [6, 6.07) is 10.1. The number of aromatic nitrogens is 2. The average Bonchev–Trinajstić information content (AvgIpc) is 2.98. The van der Waals surface area contributed by atoms with Crippen LogP contribution >= 0.6 is 0 Å². The first-order valence-corrected chi connectivity index (χ1v) is 9.06. The maximum absolute atomic E-state index is 12.7. The van der Waals surface area contributed by atoms with Gasteiger partial charge in [-0.25, -0.2) is 0 Å². The fourth-order valence-corrected chi connectivity index (χ4v) is 3.48. The molecule has 0 bridgehead atoms. The molecule has 2 N–H and O–H groups in total. The van der Waals surface area contributed by atoms with E-state index in [1.807, 2.05) is 39.0 Å². The standard InChI is InChI=1S/C20H28N4O/c1-5-17(19(25)21-20(2,3)4)24-12-11-16-15(13-24)18(23-22-16)14-9-7-6-8-10-14/h6-10,17H,5,11-13H2,1-4H3,(H,21,25)(H,22,23)/t17-/m1/s1. The van der Waals surface area contributed by atoms with Gasteiger partial charge in [-0.15, -0.1) is 0 Å². The number of benzene rings is 1. The zero-order chi connectivity index (χ0) is 18.0. The SMILES string of the molecule is CC[C@H](C(=O)NC(C)(C)C)N1CCc2[nH]nc(-c3ccccc3)c2C1. The number of aromatic amines is 1. The molecule has 1 aliphatic heterocycles. The van der Waals surface area contributed by atoms with Crippen molar-refractivity contribution in [3.63, 3.8) is 0 Å². The summed E-state index contributed by atoms with van der Waals surface area (Å²) in [5.74, 6) is 0.114. The van der Waals surface area contributed by atoms with Gasteiger partial charge in [-0.1, -0.05) is 37.3 Å². The summed E-state index contributed by atoms with van der Waals surface area (Å²) in [4.78, 5) is 15.0. The van der Waals surface area contributed by atoms with Gasteiger partial charge in [0.25, 0.3) is 0 Å². The number of nitrogens with one attached hydrogen (secondary N) is 2. The smallest absolute Gasteiger partial charge is 0.237 e. The predicted molar refractivity (Wildman–Crippen MR) is 100 cm³/mol. The molecule has 0 radical (unpaired) electrons. The second kappa shape index (κ2) is 7.00. The Morgan fingerprint density at radius 2 is 2.04 bits per heavy atom. The summed E-state index contributed by atoms with van der Waals surface area (Å²) in [5.41, 5.74) is 4.33. The van der Waals surface area contributed by atoms with Crippen molar-refractivity contribution in [2.45, 2.75) is 58.7 Å². The Bertz CT molecular complexity index is 730. The Morgan fingerprint density at radius 3 is 2.68 bits per heavy atom. The number of rotatable bonds is 4. The molecule has 25 heavy (non-hydrogen) atoms. The first-order valence-electron chi connectivity index (χ1n) is 9.06. The molecule has 0 spiro atoms. The Morgan fingerprint density at radius 1 is 1.32 bits per heavy atom. The molecule has 0 aliphatic carbocycles. The van der Waals surface area contributed by atoms with Gasteiger partial charge in [0.2, 0.25) is 5.91 Å². The molecule has 1 aliphatic rings. The first-order chi connectivity index (χ1) is 11.9. The molecular formula is C20H28N4O. The van der Waals surface area contributed by atoms with Gasteiger partial charge in [-0.3, -0.25) is 14.8 Å². The number of carbonyl (C=O) groups excluding carboxylic acids is 1. The minimum absolute atomic E-state index is 0.106.